The predicted molar refractivity (Wildman–Crippen MR) is 217 cm³/mol. The van der Waals surface area contributed by atoms with Crippen LogP contribution in [0.5, 0.6) is 11.5 Å². The van der Waals surface area contributed by atoms with Gasteiger partial charge >= 0.3 is 0 Å². The minimum Gasteiger partial charge on any atom is -0.484 e. The normalized spacial score (nSPS) is 26.3. The van der Waals surface area contributed by atoms with Crippen molar-refractivity contribution >= 4 is 86.5 Å². The van der Waals surface area contributed by atoms with Gasteiger partial charge in [-0.3, -0.25) is 0 Å². The van der Waals surface area contributed by atoms with Gasteiger partial charge < -0.3 is 49.7 Å². The molecule has 4 fully saturated rings. The minimum absolute atomic E-state index is 0. The molecular formula is C35H41Cl2IN6O8S2. The average molecular weight is 936 g/mol. The van der Waals surface area contributed by atoms with E-state index in [1.165, 1.54) is 11.8 Å². The fraction of sp³-hybridized carbons (Fsp3) is 0.429. The first-order valence-corrected chi connectivity index (χ1v) is 20.6. The monoisotopic (exact) mass is 934 g/mol. The van der Waals surface area contributed by atoms with Gasteiger partial charge in [-0.1, -0.05) is 54.2 Å². The number of fused-ring (bicyclic) bond motifs is 2. The minimum atomic E-state index is -0.602. The third-order valence-electron chi connectivity index (χ3n) is 8.28. The van der Waals surface area contributed by atoms with E-state index in [0.29, 0.717) is 51.4 Å². The van der Waals surface area contributed by atoms with E-state index in [1.54, 1.807) is 60.6 Å². The third kappa shape index (κ3) is 10.9. The number of nitrogen functional groups attached to an aromatic ring is 1. The number of benzene rings is 2. The lowest BCUT2D eigenvalue weighted by Gasteiger charge is -2.19. The molecule has 19 heteroatoms. The van der Waals surface area contributed by atoms with Crippen molar-refractivity contribution in [3.05, 3.63) is 74.7 Å². The Morgan fingerprint density at radius 1 is 0.741 bits per heavy atom. The molecule has 6 heterocycles. The van der Waals surface area contributed by atoms with Gasteiger partial charge in [0.2, 0.25) is 0 Å². The molecule has 54 heavy (non-hydrogen) atoms. The number of aliphatic hydroxyl groups excluding tert-OH is 2. The van der Waals surface area contributed by atoms with Crippen LogP contribution in [-0.2, 0) is 18.9 Å². The van der Waals surface area contributed by atoms with E-state index in [9.17, 15) is 10.2 Å². The number of rotatable bonds is 8. The van der Waals surface area contributed by atoms with Crippen LogP contribution in [0.4, 0.5) is 17.2 Å². The van der Waals surface area contributed by atoms with Gasteiger partial charge in [-0.05, 0) is 83.6 Å². The molecule has 5 N–H and O–H groups in total. The second kappa shape index (κ2) is 20.1. The molecule has 0 saturated carbocycles. The number of aliphatic hydroxyl groups is 2. The largest absolute Gasteiger partial charge is 0.484 e. The van der Waals surface area contributed by atoms with E-state index in [2.05, 4.69) is 47.8 Å². The van der Waals surface area contributed by atoms with Crippen molar-refractivity contribution in [3.8, 4) is 11.5 Å². The number of hydrogen-bond acceptors (Lipinski definition) is 16. The van der Waals surface area contributed by atoms with Crippen LogP contribution in [0.2, 0.25) is 10.0 Å². The van der Waals surface area contributed by atoms with Crippen molar-refractivity contribution < 1.29 is 38.6 Å². The molecule has 4 aromatic rings. The summed E-state index contributed by atoms with van der Waals surface area (Å²) in [5, 5.41) is 25.1. The molecule has 0 bridgehead atoms. The summed E-state index contributed by atoms with van der Waals surface area (Å²) >= 11 is 17.6. The number of thioether (sulfide) groups is 2. The van der Waals surface area contributed by atoms with E-state index in [4.69, 9.17) is 57.4 Å². The van der Waals surface area contributed by atoms with Crippen molar-refractivity contribution in [2.45, 2.75) is 66.6 Å². The zero-order chi connectivity index (χ0) is 37.5. The number of hydrogen-bond donors (Lipinski definition) is 4. The van der Waals surface area contributed by atoms with Gasteiger partial charge in [-0.25, -0.2) is 19.9 Å². The molecule has 2 aromatic carbocycles. The Morgan fingerprint density at radius 3 is 1.78 bits per heavy atom. The molecule has 8 atom stereocenters. The molecule has 292 valence electrons. The zero-order valence-corrected chi connectivity index (χ0v) is 33.7. The lowest BCUT2D eigenvalue weighted by Crippen LogP contribution is -2.34. The van der Waals surface area contributed by atoms with Crippen LogP contribution in [0.1, 0.15) is 7.43 Å². The number of nitrogens with one attached hydrogen (secondary N) is 1. The highest BCUT2D eigenvalue weighted by atomic mass is 127. The highest BCUT2D eigenvalue weighted by molar-refractivity contribution is 14.1. The maximum atomic E-state index is 9.80. The lowest BCUT2D eigenvalue weighted by molar-refractivity contribution is 0.00863. The second-order valence-electron chi connectivity index (χ2n) is 11.9. The van der Waals surface area contributed by atoms with Crippen molar-refractivity contribution in [2.75, 3.05) is 50.0 Å². The molecule has 14 nitrogen and oxygen atoms in total. The summed E-state index contributed by atoms with van der Waals surface area (Å²) in [5.41, 5.74) is 6.99. The van der Waals surface area contributed by atoms with Crippen LogP contribution in [-0.4, -0.2) is 118 Å². The van der Waals surface area contributed by atoms with E-state index in [-0.39, 0.29) is 57.3 Å². The number of aromatic nitrogens is 4. The van der Waals surface area contributed by atoms with Crippen LogP contribution in [0.3, 0.4) is 0 Å². The first kappa shape index (κ1) is 42.7. The first-order valence-electron chi connectivity index (χ1n) is 16.3. The number of halogens is 3. The molecule has 2 unspecified atom stereocenters. The fourth-order valence-electron chi connectivity index (χ4n) is 5.78. The highest BCUT2D eigenvalue weighted by Gasteiger charge is 2.49. The summed E-state index contributed by atoms with van der Waals surface area (Å²) in [5.74, 6) is 1.78. The quantitative estimate of drug-likeness (QED) is 0.0549. The first-order chi connectivity index (χ1) is 25.6. The van der Waals surface area contributed by atoms with Gasteiger partial charge in [-0.2, -0.15) is 0 Å². The lowest BCUT2D eigenvalue weighted by atomic mass is 10.1. The Kier molecular flexibility index (Phi) is 15.9. The smallest absolute Gasteiger partial charge is 0.189 e. The molecule has 0 radical (unpaired) electrons. The van der Waals surface area contributed by atoms with Crippen molar-refractivity contribution in [1.82, 2.24) is 19.9 Å². The van der Waals surface area contributed by atoms with Crippen LogP contribution < -0.4 is 20.5 Å². The van der Waals surface area contributed by atoms with E-state index < -0.39 is 12.2 Å². The van der Waals surface area contributed by atoms with E-state index in [1.807, 2.05) is 24.6 Å². The number of ether oxygens (including phenoxy) is 6. The fourth-order valence-corrected chi connectivity index (χ4v) is 7.50. The number of nitrogens with zero attached hydrogens (tertiary/aromatic N) is 4. The summed E-state index contributed by atoms with van der Waals surface area (Å²) < 4.78 is 34.8. The highest BCUT2D eigenvalue weighted by Crippen LogP contribution is 2.35. The van der Waals surface area contributed by atoms with Crippen LogP contribution in [0, 0.1) is 3.70 Å². The standard InChI is InChI=1S/C17H18ClN3O4S.C12H14ClNO4.C5H5IN2S.CH4/c1-26-17-19-5-4-14(21-17)20-9-2-3-12(10(18)6-9)25-13-8-24-15-11(22)7-23-16(13)15;13-7-3-6(14)1-2-9(7)18-10-5-17-11-8(15)4-16-12(10)11;1-9-5-7-3-2-4(6)8-5;/h2-6,11,13,15-16,22H,7-8H2,1H3,(H,19,20,21);1-3,8,10-12,15H,4-5,14H2;2-3H,1H3;1H4/t11-,13?,15+,16+;8-,10?,11+,12+;;/m00../s1. The Hall–Kier alpha value is -2.43. The molecule has 0 aliphatic carbocycles. The topological polar surface area (TPSA) is 185 Å². The zero-order valence-electron chi connectivity index (χ0n) is 28.4. The molecule has 0 amide bonds. The summed E-state index contributed by atoms with van der Waals surface area (Å²) in [6, 6.07) is 14.2. The number of anilines is 3. The van der Waals surface area contributed by atoms with Crippen LogP contribution >= 0.6 is 69.3 Å². The van der Waals surface area contributed by atoms with Crippen molar-refractivity contribution in [2.24, 2.45) is 0 Å². The second-order valence-corrected chi connectivity index (χ2v) is 15.4. The predicted octanol–water partition coefficient (Wildman–Crippen LogP) is 5.77. The van der Waals surface area contributed by atoms with Crippen molar-refractivity contribution in [1.29, 1.82) is 0 Å². The maximum absolute atomic E-state index is 9.80. The molecule has 4 aliphatic rings. The summed E-state index contributed by atoms with van der Waals surface area (Å²) in [6.07, 6.45) is 4.47. The molecule has 2 aromatic heterocycles. The Bertz CT molecular complexity index is 1850. The maximum Gasteiger partial charge on any atom is 0.189 e. The van der Waals surface area contributed by atoms with E-state index >= 15 is 0 Å². The van der Waals surface area contributed by atoms with Crippen molar-refractivity contribution in [3.63, 3.8) is 0 Å². The molecule has 8 rings (SSSR count). The summed E-state index contributed by atoms with van der Waals surface area (Å²) in [4.78, 5) is 16.7. The van der Waals surface area contributed by atoms with Gasteiger partial charge in [0.15, 0.2) is 22.5 Å². The van der Waals surface area contributed by atoms with Gasteiger partial charge in [-0.15, -0.1) is 0 Å². The van der Waals surface area contributed by atoms with Gasteiger partial charge in [0.1, 0.15) is 57.6 Å². The van der Waals surface area contributed by atoms with E-state index in [0.717, 1.165) is 14.5 Å². The SMILES string of the molecule is C.CSc1nccc(I)n1.CSc1nccc(Nc2ccc(OC3CO[C@H]4[C@@H]3OC[C@@H]4O)c(Cl)c2)n1.Nc1ccc(OC2CO[C@H]3[C@@H]2OC[C@@H]3O)c(Cl)c1. The Balaban J connectivity index is 0.000000173. The van der Waals surface area contributed by atoms with Gasteiger partial charge in [0.25, 0.3) is 0 Å². The van der Waals surface area contributed by atoms with Crippen LogP contribution in [0.25, 0.3) is 0 Å². The Morgan fingerprint density at radius 2 is 1.26 bits per heavy atom. The van der Waals surface area contributed by atoms with Crippen LogP contribution in [0.15, 0.2) is 71.2 Å². The molecule has 4 saturated heterocycles. The Labute approximate surface area is 345 Å². The average Bonchev–Trinajstić information content (AvgIpc) is 3.93. The molecular weight excluding hydrogens is 894 g/mol. The summed E-state index contributed by atoms with van der Waals surface area (Å²) in [6.45, 7) is 1.29. The van der Waals surface area contributed by atoms with Gasteiger partial charge in [0.05, 0.1) is 36.5 Å². The molecule has 0 spiro atoms. The third-order valence-corrected chi connectivity index (χ3v) is 10.6. The van der Waals surface area contributed by atoms with Gasteiger partial charge in [0, 0.05) is 23.8 Å². The molecule has 4 aliphatic heterocycles. The summed E-state index contributed by atoms with van der Waals surface area (Å²) in [7, 11) is 0. The number of nitrogens with two attached hydrogens (primary N) is 1.